The largest absolute Gasteiger partial charge is 0.422 e. The highest BCUT2D eigenvalue weighted by molar-refractivity contribution is 9.10. The van der Waals surface area contributed by atoms with Crippen molar-refractivity contribution in [1.29, 1.82) is 0 Å². The Morgan fingerprint density at radius 3 is 2.26 bits per heavy atom. The number of hydrogen-bond acceptors (Lipinski definition) is 3. The Kier molecular flexibility index (Phi) is 4.35. The van der Waals surface area contributed by atoms with Crippen molar-refractivity contribution in [2.75, 3.05) is 19.0 Å². The molecule has 4 heteroatoms. The van der Waals surface area contributed by atoms with E-state index in [0.717, 1.165) is 21.3 Å². The molecule has 2 aromatic carbocycles. The van der Waals surface area contributed by atoms with E-state index in [9.17, 15) is 4.79 Å². The van der Waals surface area contributed by atoms with Crippen LogP contribution in [0.25, 0.3) is 11.8 Å². The van der Waals surface area contributed by atoms with Crippen LogP contribution in [-0.4, -0.2) is 20.1 Å². The fourth-order valence-corrected chi connectivity index (χ4v) is 2.56. The van der Waals surface area contributed by atoms with Crippen molar-refractivity contribution in [2.24, 2.45) is 0 Å². The first-order chi connectivity index (χ1) is 11.0. The Labute approximate surface area is 144 Å². The van der Waals surface area contributed by atoms with Gasteiger partial charge in [-0.05, 0) is 42.0 Å². The standard InChI is InChI=1S/C19H16BrNO2/c1-21(2)17-9-3-13(4-10-17)11-15-12-18(23-19(15)22)14-5-7-16(20)8-6-14/h3-12H,1-2H3/b15-11+. The van der Waals surface area contributed by atoms with Crippen molar-refractivity contribution in [1.82, 2.24) is 0 Å². The molecule has 23 heavy (non-hydrogen) atoms. The number of benzene rings is 2. The first kappa shape index (κ1) is 15.6. The van der Waals surface area contributed by atoms with E-state index < -0.39 is 0 Å². The molecule has 0 amide bonds. The molecule has 0 N–H and O–H groups in total. The van der Waals surface area contributed by atoms with Crippen LogP contribution in [0.5, 0.6) is 0 Å². The molecule has 3 rings (SSSR count). The Hall–Kier alpha value is -2.33. The summed E-state index contributed by atoms with van der Waals surface area (Å²) in [6.07, 6.45) is 3.62. The van der Waals surface area contributed by atoms with Crippen molar-refractivity contribution in [2.45, 2.75) is 0 Å². The average Bonchev–Trinajstić information content (AvgIpc) is 2.89. The highest BCUT2D eigenvalue weighted by atomic mass is 79.9. The Bertz CT molecular complexity index is 787. The normalized spacial score (nSPS) is 15.5. The number of halogens is 1. The van der Waals surface area contributed by atoms with Gasteiger partial charge in [0.1, 0.15) is 5.76 Å². The molecular weight excluding hydrogens is 354 g/mol. The molecule has 0 aliphatic carbocycles. The van der Waals surface area contributed by atoms with Crippen LogP contribution in [0.15, 0.2) is 64.7 Å². The maximum atomic E-state index is 12.0. The van der Waals surface area contributed by atoms with Crippen molar-refractivity contribution in [3.63, 3.8) is 0 Å². The van der Waals surface area contributed by atoms with Crippen LogP contribution in [0.4, 0.5) is 5.69 Å². The second kappa shape index (κ2) is 6.42. The summed E-state index contributed by atoms with van der Waals surface area (Å²) in [5.41, 5.74) is 3.52. The topological polar surface area (TPSA) is 29.5 Å². The lowest BCUT2D eigenvalue weighted by Gasteiger charge is -2.11. The summed E-state index contributed by atoms with van der Waals surface area (Å²) in [5.74, 6) is 0.262. The van der Waals surface area contributed by atoms with E-state index in [2.05, 4.69) is 15.9 Å². The minimum atomic E-state index is -0.320. The zero-order valence-electron chi connectivity index (χ0n) is 12.9. The van der Waals surface area contributed by atoms with Crippen LogP contribution < -0.4 is 4.90 Å². The van der Waals surface area contributed by atoms with Crippen LogP contribution >= 0.6 is 15.9 Å². The Morgan fingerprint density at radius 2 is 1.65 bits per heavy atom. The van der Waals surface area contributed by atoms with Gasteiger partial charge in [-0.15, -0.1) is 0 Å². The molecule has 0 unspecified atom stereocenters. The molecular formula is C19H16BrNO2. The highest BCUT2D eigenvalue weighted by Crippen LogP contribution is 2.28. The summed E-state index contributed by atoms with van der Waals surface area (Å²) in [7, 11) is 3.99. The third-order valence-corrected chi connectivity index (χ3v) is 4.11. The summed E-state index contributed by atoms with van der Waals surface area (Å²) >= 11 is 3.40. The first-order valence-corrected chi connectivity index (χ1v) is 8.01. The zero-order chi connectivity index (χ0) is 16.4. The van der Waals surface area contributed by atoms with Gasteiger partial charge in [-0.25, -0.2) is 4.79 Å². The van der Waals surface area contributed by atoms with Gasteiger partial charge in [-0.2, -0.15) is 0 Å². The molecule has 0 saturated carbocycles. The lowest BCUT2D eigenvalue weighted by Crippen LogP contribution is -2.07. The summed E-state index contributed by atoms with van der Waals surface area (Å²) in [5, 5.41) is 0. The van der Waals surface area contributed by atoms with E-state index >= 15 is 0 Å². The van der Waals surface area contributed by atoms with E-state index in [1.807, 2.05) is 73.6 Å². The fraction of sp³-hybridized carbons (Fsp3) is 0.105. The van der Waals surface area contributed by atoms with E-state index in [-0.39, 0.29) is 5.97 Å². The van der Waals surface area contributed by atoms with Crippen molar-refractivity contribution < 1.29 is 9.53 Å². The number of hydrogen-bond donors (Lipinski definition) is 0. The summed E-state index contributed by atoms with van der Waals surface area (Å²) in [6, 6.07) is 15.7. The second-order valence-corrected chi connectivity index (χ2v) is 6.41. The van der Waals surface area contributed by atoms with E-state index in [0.29, 0.717) is 11.3 Å². The van der Waals surface area contributed by atoms with E-state index in [1.54, 1.807) is 6.08 Å². The number of ether oxygens (including phenoxy) is 1. The number of rotatable bonds is 3. The average molecular weight is 370 g/mol. The summed E-state index contributed by atoms with van der Waals surface area (Å²) < 4.78 is 6.35. The molecule has 1 aliphatic rings. The van der Waals surface area contributed by atoms with Crippen LogP contribution in [0.1, 0.15) is 11.1 Å². The van der Waals surface area contributed by atoms with Crippen molar-refractivity contribution >= 4 is 39.4 Å². The molecule has 0 radical (unpaired) electrons. The third-order valence-electron chi connectivity index (χ3n) is 3.59. The third kappa shape index (κ3) is 3.54. The quantitative estimate of drug-likeness (QED) is 0.589. The second-order valence-electron chi connectivity index (χ2n) is 5.49. The molecule has 0 aromatic heterocycles. The lowest BCUT2D eigenvalue weighted by atomic mass is 10.1. The number of cyclic esters (lactones) is 1. The number of anilines is 1. The molecule has 0 fully saturated rings. The molecule has 0 atom stereocenters. The van der Waals surface area contributed by atoms with Crippen LogP contribution in [0.2, 0.25) is 0 Å². The molecule has 1 aliphatic heterocycles. The predicted octanol–water partition coefficient (Wildman–Crippen LogP) is 4.50. The SMILES string of the molecule is CN(C)c1ccc(/C=C2\C=C(c3ccc(Br)cc3)OC2=O)cc1. The lowest BCUT2D eigenvalue weighted by molar-refractivity contribution is -0.130. The number of carbonyl (C=O) groups excluding carboxylic acids is 1. The van der Waals surface area contributed by atoms with Gasteiger partial charge in [0.15, 0.2) is 0 Å². The van der Waals surface area contributed by atoms with Crippen molar-refractivity contribution in [3.05, 3.63) is 75.8 Å². The number of carbonyl (C=O) groups is 1. The number of esters is 1. The molecule has 2 aromatic rings. The van der Waals surface area contributed by atoms with Gasteiger partial charge in [0.25, 0.3) is 0 Å². The van der Waals surface area contributed by atoms with Gasteiger partial charge < -0.3 is 9.64 Å². The summed E-state index contributed by atoms with van der Waals surface area (Å²) in [6.45, 7) is 0. The Morgan fingerprint density at radius 1 is 1.00 bits per heavy atom. The van der Waals surface area contributed by atoms with E-state index in [1.165, 1.54) is 0 Å². The van der Waals surface area contributed by atoms with Gasteiger partial charge in [-0.3, -0.25) is 0 Å². The van der Waals surface area contributed by atoms with Gasteiger partial charge >= 0.3 is 5.97 Å². The highest BCUT2D eigenvalue weighted by Gasteiger charge is 2.21. The first-order valence-electron chi connectivity index (χ1n) is 7.22. The molecule has 1 heterocycles. The summed E-state index contributed by atoms with van der Waals surface area (Å²) in [4.78, 5) is 14.1. The van der Waals surface area contributed by atoms with Gasteiger partial charge in [0.2, 0.25) is 0 Å². The monoisotopic (exact) mass is 369 g/mol. The Balaban J connectivity index is 1.87. The van der Waals surface area contributed by atoms with Crippen LogP contribution in [0, 0.1) is 0 Å². The molecule has 3 nitrogen and oxygen atoms in total. The minimum absolute atomic E-state index is 0.320. The smallest absolute Gasteiger partial charge is 0.343 e. The fourth-order valence-electron chi connectivity index (χ4n) is 2.29. The molecule has 116 valence electrons. The van der Waals surface area contributed by atoms with Gasteiger partial charge in [0.05, 0.1) is 5.57 Å². The molecule has 0 saturated heterocycles. The van der Waals surface area contributed by atoms with Crippen LogP contribution in [0.3, 0.4) is 0 Å². The maximum absolute atomic E-state index is 12.0. The number of nitrogens with zero attached hydrogens (tertiary/aromatic N) is 1. The van der Waals surface area contributed by atoms with Crippen molar-refractivity contribution in [3.8, 4) is 0 Å². The predicted molar refractivity (Wildman–Crippen MR) is 97.0 cm³/mol. The van der Waals surface area contributed by atoms with Gasteiger partial charge in [0, 0.05) is 29.8 Å². The zero-order valence-corrected chi connectivity index (χ0v) is 14.5. The molecule has 0 bridgehead atoms. The van der Waals surface area contributed by atoms with Crippen LogP contribution in [-0.2, 0) is 9.53 Å². The van der Waals surface area contributed by atoms with E-state index in [4.69, 9.17) is 4.74 Å². The van der Waals surface area contributed by atoms with Gasteiger partial charge in [-0.1, -0.05) is 40.2 Å². The minimum Gasteiger partial charge on any atom is -0.422 e. The maximum Gasteiger partial charge on any atom is 0.343 e. The molecule has 0 spiro atoms.